The molecule has 1 aliphatic heterocycles. The maximum Gasteiger partial charge on any atom is 0.164 e. The average Bonchev–Trinajstić information content (AvgIpc) is 3.95. The highest BCUT2D eigenvalue weighted by Crippen LogP contribution is 2.44. The van der Waals surface area contributed by atoms with Crippen LogP contribution in [0.2, 0.25) is 13.1 Å². The number of fused-ring (bicyclic) bond motifs is 13. The molecule has 0 radical (unpaired) electrons. The number of furan rings is 1. The minimum Gasteiger partial charge on any atom is -0.455 e. The number of hydrogen-bond acceptors (Lipinski definition) is 6. The summed E-state index contributed by atoms with van der Waals surface area (Å²) in [5.41, 5.74) is 7.21. The highest BCUT2D eigenvalue weighted by molar-refractivity contribution is 7.26. The van der Waals surface area contributed by atoms with E-state index in [0.717, 1.165) is 38.6 Å². The van der Waals surface area contributed by atoms with Crippen molar-refractivity contribution in [1.29, 1.82) is 0 Å². The van der Waals surface area contributed by atoms with Crippen LogP contribution in [0.3, 0.4) is 0 Å². The molecule has 0 aliphatic carbocycles. The van der Waals surface area contributed by atoms with E-state index in [1.54, 1.807) is 0 Å². The number of para-hydroxylation sites is 1. The Morgan fingerprint density at radius 2 is 1.00 bits per heavy atom. The van der Waals surface area contributed by atoms with Crippen LogP contribution in [-0.4, -0.2) is 23.0 Å². The van der Waals surface area contributed by atoms with Gasteiger partial charge in [-0.25, -0.2) is 15.0 Å². The molecule has 12 rings (SSSR count). The lowest BCUT2D eigenvalue weighted by Crippen LogP contribution is -2.49. The first-order valence-corrected chi connectivity index (χ1v) is 22.8. The summed E-state index contributed by atoms with van der Waals surface area (Å²) in [6.07, 6.45) is 0. The predicted molar refractivity (Wildman–Crippen MR) is 231 cm³/mol. The first kappa shape index (κ1) is 30.5. The molecule has 5 heterocycles. The lowest BCUT2D eigenvalue weighted by molar-refractivity contribution is 0.670. The first-order valence-electron chi connectivity index (χ1n) is 18.2. The largest absolute Gasteiger partial charge is 0.455 e. The molecule has 11 aromatic rings. The molecule has 0 bridgehead atoms. The van der Waals surface area contributed by atoms with Gasteiger partial charge in [0.15, 0.2) is 17.5 Å². The van der Waals surface area contributed by atoms with Crippen molar-refractivity contribution in [3.05, 3.63) is 140 Å². The molecule has 1 aliphatic rings. The van der Waals surface area contributed by atoms with Gasteiger partial charge >= 0.3 is 0 Å². The van der Waals surface area contributed by atoms with E-state index in [0.29, 0.717) is 17.5 Å². The monoisotopic (exact) mass is 743 g/mol. The Kier molecular flexibility index (Phi) is 6.22. The second-order valence-corrected chi connectivity index (χ2v) is 21.2. The van der Waals surface area contributed by atoms with Crippen LogP contribution >= 0.6 is 22.7 Å². The lowest BCUT2D eigenvalue weighted by atomic mass is 9.98. The number of rotatable bonds is 3. The van der Waals surface area contributed by atoms with Crippen LogP contribution in [0.15, 0.2) is 144 Å². The highest BCUT2D eigenvalue weighted by Gasteiger charge is 2.40. The Balaban J connectivity index is 1.15. The van der Waals surface area contributed by atoms with Gasteiger partial charge in [0.05, 0.1) is 0 Å². The third-order valence-corrected chi connectivity index (χ3v) is 17.1. The van der Waals surface area contributed by atoms with Gasteiger partial charge < -0.3 is 4.42 Å². The fourth-order valence-corrected chi connectivity index (χ4v) is 14.1. The van der Waals surface area contributed by atoms with Gasteiger partial charge in [-0.3, -0.25) is 0 Å². The SMILES string of the molecule is C[Si]1(C)c2ccccc2-c2c1cc(-c1nc(-c3ccc4c(c3)sc3ccccc34)nc(-c3ccc4c(c3)sc3ccccc34)n1)c1c2oc2ccccc21. The highest BCUT2D eigenvalue weighted by atomic mass is 32.1. The van der Waals surface area contributed by atoms with E-state index in [2.05, 4.69) is 147 Å². The predicted octanol–water partition coefficient (Wildman–Crippen LogP) is 12.3. The van der Waals surface area contributed by atoms with Crippen molar-refractivity contribution in [3.63, 3.8) is 0 Å². The molecule has 0 saturated carbocycles. The average molecular weight is 744 g/mol. The van der Waals surface area contributed by atoms with Crippen LogP contribution in [0.25, 0.3) is 108 Å². The van der Waals surface area contributed by atoms with E-state index in [1.165, 1.54) is 61.8 Å². The van der Waals surface area contributed by atoms with Crippen LogP contribution in [0, 0.1) is 0 Å². The molecular formula is C47H29N3OS2Si. The van der Waals surface area contributed by atoms with Crippen LogP contribution in [0.5, 0.6) is 0 Å². The zero-order valence-corrected chi connectivity index (χ0v) is 32.0. The fraction of sp³-hybridized carbons (Fsp3) is 0.0426. The van der Waals surface area contributed by atoms with E-state index < -0.39 is 8.07 Å². The van der Waals surface area contributed by atoms with Crippen molar-refractivity contribution in [2.24, 2.45) is 0 Å². The third kappa shape index (κ3) is 4.25. The number of hydrogen-bond donors (Lipinski definition) is 0. The van der Waals surface area contributed by atoms with Gasteiger partial charge in [-0.05, 0) is 52.3 Å². The van der Waals surface area contributed by atoms with Crippen LogP contribution in [0.1, 0.15) is 0 Å². The van der Waals surface area contributed by atoms with E-state index >= 15 is 0 Å². The third-order valence-electron chi connectivity index (χ3n) is 11.3. The summed E-state index contributed by atoms with van der Waals surface area (Å²) in [5, 5.41) is 9.96. The molecule has 0 N–H and O–H groups in total. The van der Waals surface area contributed by atoms with Gasteiger partial charge in [0, 0.05) is 73.4 Å². The summed E-state index contributed by atoms with van der Waals surface area (Å²) >= 11 is 3.62. The van der Waals surface area contributed by atoms with E-state index in [9.17, 15) is 0 Å². The Morgan fingerprint density at radius 1 is 0.463 bits per heavy atom. The molecule has 4 nitrogen and oxygen atoms in total. The van der Waals surface area contributed by atoms with E-state index in [-0.39, 0.29) is 0 Å². The number of benzene rings is 7. The Morgan fingerprint density at radius 3 is 1.67 bits per heavy atom. The summed E-state index contributed by atoms with van der Waals surface area (Å²) in [4.78, 5) is 16.0. The second kappa shape index (κ2) is 11.0. The van der Waals surface area contributed by atoms with Gasteiger partial charge in [0.2, 0.25) is 0 Å². The quantitative estimate of drug-likeness (QED) is 0.169. The molecule has 0 atom stereocenters. The fourth-order valence-electron chi connectivity index (χ4n) is 8.71. The maximum absolute atomic E-state index is 6.85. The maximum atomic E-state index is 6.85. The Bertz CT molecular complexity index is 3260. The normalized spacial score (nSPS) is 13.5. The minimum absolute atomic E-state index is 0.656. The topological polar surface area (TPSA) is 51.8 Å². The van der Waals surface area contributed by atoms with Gasteiger partial charge in [-0.15, -0.1) is 22.7 Å². The summed E-state index contributed by atoms with van der Waals surface area (Å²) in [6, 6.07) is 50.1. The van der Waals surface area contributed by atoms with E-state index in [4.69, 9.17) is 19.4 Å². The summed E-state index contributed by atoms with van der Waals surface area (Å²) in [7, 11) is -2.09. The number of nitrogens with zero attached hydrogens (tertiary/aromatic N) is 3. The van der Waals surface area contributed by atoms with Crippen molar-refractivity contribution in [1.82, 2.24) is 15.0 Å². The molecule has 254 valence electrons. The lowest BCUT2D eigenvalue weighted by Gasteiger charge is -2.19. The Labute approximate surface area is 319 Å². The molecule has 0 saturated heterocycles. The van der Waals surface area contributed by atoms with Crippen molar-refractivity contribution in [2.75, 3.05) is 0 Å². The number of thiophene rings is 2. The standard InChI is InChI=1S/C47H29N3OS2Si/c1-54(2)40-18-10-6-14-33(40)43-41(54)25-34(42-32-13-3-7-15-35(32)51-44(42)43)47-49-45(26-19-21-30-28-11-4-8-16-36(28)52-38(30)23-26)48-46(50-47)27-20-22-31-29-12-5-9-17-37(29)53-39(31)24-27/h3-25H,1-2H3. The zero-order chi connectivity index (χ0) is 35.7. The molecule has 0 spiro atoms. The summed E-state index contributed by atoms with van der Waals surface area (Å²) in [5.74, 6) is 1.97. The van der Waals surface area contributed by atoms with Crippen molar-refractivity contribution >= 4 is 103 Å². The van der Waals surface area contributed by atoms with Crippen molar-refractivity contribution in [3.8, 4) is 45.3 Å². The van der Waals surface area contributed by atoms with Crippen LogP contribution < -0.4 is 10.4 Å². The van der Waals surface area contributed by atoms with Crippen LogP contribution in [0.4, 0.5) is 0 Å². The van der Waals surface area contributed by atoms with Crippen LogP contribution in [-0.2, 0) is 0 Å². The van der Waals surface area contributed by atoms with Gasteiger partial charge in [0.25, 0.3) is 0 Å². The minimum atomic E-state index is -2.09. The zero-order valence-electron chi connectivity index (χ0n) is 29.3. The molecule has 7 aromatic carbocycles. The molecule has 0 unspecified atom stereocenters. The molecule has 0 amide bonds. The van der Waals surface area contributed by atoms with Gasteiger partial charge in [-0.1, -0.05) is 116 Å². The molecule has 4 aromatic heterocycles. The van der Waals surface area contributed by atoms with E-state index in [1.807, 2.05) is 28.7 Å². The summed E-state index contributed by atoms with van der Waals surface area (Å²) in [6.45, 7) is 4.89. The molecule has 54 heavy (non-hydrogen) atoms. The van der Waals surface area contributed by atoms with Gasteiger partial charge in [-0.2, -0.15) is 0 Å². The van der Waals surface area contributed by atoms with Gasteiger partial charge in [0.1, 0.15) is 19.2 Å². The second-order valence-electron chi connectivity index (χ2n) is 14.7. The van der Waals surface area contributed by atoms with Crippen molar-refractivity contribution in [2.45, 2.75) is 13.1 Å². The van der Waals surface area contributed by atoms with Crippen molar-refractivity contribution < 1.29 is 4.42 Å². The number of aromatic nitrogens is 3. The smallest absolute Gasteiger partial charge is 0.164 e. The molecule has 7 heteroatoms. The molecule has 0 fully saturated rings. The summed E-state index contributed by atoms with van der Waals surface area (Å²) < 4.78 is 11.8. The molecular weight excluding hydrogens is 715 g/mol. The first-order chi connectivity index (χ1) is 26.5. The Hall–Kier alpha value is -5.99.